The highest BCUT2D eigenvalue weighted by Gasteiger charge is 2.40. The van der Waals surface area contributed by atoms with Gasteiger partial charge in [0.25, 0.3) is 28.4 Å². The first-order valence-corrected chi connectivity index (χ1v) is 61.3. The molecule has 58 heteroatoms. The number of alkyl halides is 10. The molecule has 43 nitrogen and oxygen atoms in total. The quantitative estimate of drug-likeness (QED) is 0.0160. The average molecular weight is 2660 g/mol. The number of nitro groups is 5. The number of sulfonamides is 5. The third-order valence-electron chi connectivity index (χ3n) is 22.2. The number of rotatable bonds is 46. The van der Waals surface area contributed by atoms with Gasteiger partial charge in [-0.3, -0.25) is 60.4 Å². The minimum atomic E-state index is -3.97. The summed E-state index contributed by atoms with van der Waals surface area (Å²) in [6.45, 7) is 17.8. The van der Waals surface area contributed by atoms with E-state index < -0.39 is 80.8 Å². The lowest BCUT2D eigenvalue weighted by molar-refractivity contribution is -0.385. The van der Waals surface area contributed by atoms with E-state index >= 15 is 0 Å². The zero-order valence-corrected chi connectivity index (χ0v) is 94.8. The minimum absolute atomic E-state index is 0.00171. The Kier molecular flexibility index (Phi) is 53.4. The molecule has 5 aromatic carbocycles. The van der Waals surface area contributed by atoms with Crippen molar-refractivity contribution < 1.29 is 82.0 Å². The molecule has 10 rings (SSSR count). The fraction of sp³-hybridized carbons (Fsp3) is 0.615. The van der Waals surface area contributed by atoms with Crippen LogP contribution in [0.2, 0.25) is 0 Å². The SMILES string of the molecule is CCN1CCN(S(=O)(=O)c2cc([N+](=O)[O-])ccc2N(CCBr)CCBr)CC1.CN1CCN(S(=O)(=O)c2cc([N+](=O)[O-])ccc2N(CCBr)CCBr)CC1.O=[N+]([O-])c1ccc(N(CCBr)CCBr)c(S(=O)(=O)N2CCN(CC(O)CO)CC2)c1.O=[N+]([O-])c1ccc(N(CCBr)CCBr)c(S(=O)(=O)N2CCN(CCO)CC2)c1.O=[N+]([O-])c1ccc(N(CCBr)CCBr)c(S(=O)(=O)N2CCNCC2)c1. The van der Waals surface area contributed by atoms with Crippen LogP contribution >= 0.6 is 159 Å². The number of non-ortho nitro benzene ring substituents is 5. The van der Waals surface area contributed by atoms with E-state index in [0.717, 1.165) is 18.7 Å². The van der Waals surface area contributed by atoms with Gasteiger partial charge in [-0.1, -0.05) is 166 Å². The standard InChI is InChI=1S/C17H26Br2N4O6S.C16H24Br2N4O5S.C16H24Br2N4O4S.C15H22Br2N4O4S.C14H20Br2N4O4S/c18-3-5-21(6-4-19)16-2-1-14(23(26)27)11-17(16)30(28,29)22-9-7-20(8-10-22)12-15(25)13-24;17-3-5-20(6-4-18)15-2-1-14(22(24)25)13-16(15)28(26,27)21-9-7-19(8-10-21)11-12-23;1-2-19-9-11-21(12-10-19)27(25,26)16-13-14(22(23)24)3-4-15(16)20(7-5-17)8-6-18;1-18-8-10-20(11-9-18)26(24,25)15-12-13(21(22)23)2-3-14(15)19(6-4-16)7-5-17;15-3-7-18(8-4-16)13-2-1-12(20(21)22)11-14(13)25(23,24)19-9-5-17-6-10-19/h1-2,11,15,24-25H,3-10,12-13H2;1-2,13,23H,3-12H2;3-4,13H,2,5-12H2,1H3;2-3,12H,4-11H2,1H3;1-2,11,17H,3-10H2. The van der Waals surface area contributed by atoms with Gasteiger partial charge in [-0.05, 0) is 43.9 Å². The second-order valence-corrected chi connectivity index (χ2v) is 48.0. The number of piperazine rings is 5. The van der Waals surface area contributed by atoms with E-state index in [4.69, 9.17) is 10.2 Å². The molecule has 4 N–H and O–H groups in total. The van der Waals surface area contributed by atoms with Gasteiger partial charge in [0, 0.05) is 323 Å². The van der Waals surface area contributed by atoms with Crippen LogP contribution in [0.25, 0.3) is 0 Å². The lowest BCUT2D eigenvalue weighted by Gasteiger charge is -2.35. The van der Waals surface area contributed by atoms with Gasteiger partial charge in [0.05, 0.1) is 72.4 Å². The Labute approximate surface area is 878 Å². The number of hydrogen-bond acceptors (Lipinski definition) is 33. The van der Waals surface area contributed by atoms with Crippen molar-refractivity contribution in [2.24, 2.45) is 0 Å². The van der Waals surface area contributed by atoms with Crippen molar-refractivity contribution in [3.63, 3.8) is 0 Å². The van der Waals surface area contributed by atoms with E-state index in [1.54, 1.807) is 6.07 Å². The van der Waals surface area contributed by atoms with Gasteiger partial charge in [-0.25, -0.2) is 42.1 Å². The molecule has 0 radical (unpaired) electrons. The Morgan fingerprint density at radius 1 is 0.331 bits per heavy atom. The number of nitro benzene ring substituents is 5. The minimum Gasteiger partial charge on any atom is -0.395 e. The summed E-state index contributed by atoms with van der Waals surface area (Å²) in [5, 5.41) is 93.3. The molecule has 0 amide bonds. The largest absolute Gasteiger partial charge is 0.395 e. The average Bonchev–Trinajstić information content (AvgIpc) is 0.790. The van der Waals surface area contributed by atoms with E-state index in [1.807, 2.05) is 48.3 Å². The normalized spacial score (nSPS) is 16.5. The molecule has 5 fully saturated rings. The molecule has 5 heterocycles. The molecule has 766 valence electrons. The second-order valence-electron chi connectivity index (χ2n) is 30.6. The smallest absolute Gasteiger partial charge is 0.270 e. The van der Waals surface area contributed by atoms with Crippen molar-refractivity contribution in [3.05, 3.63) is 142 Å². The van der Waals surface area contributed by atoms with Crippen molar-refractivity contribution >= 4 is 266 Å². The fourth-order valence-corrected chi connectivity index (χ4v) is 27.5. The maximum Gasteiger partial charge on any atom is 0.270 e. The third-order valence-corrected chi connectivity index (χ3v) is 35.4. The molecule has 136 heavy (non-hydrogen) atoms. The van der Waals surface area contributed by atoms with E-state index in [9.17, 15) is 97.8 Å². The molecule has 1 atom stereocenters. The highest BCUT2D eigenvalue weighted by Crippen LogP contribution is 2.39. The predicted octanol–water partition coefficient (Wildman–Crippen LogP) is 8.77. The Hall–Kier alpha value is -3.87. The Balaban J connectivity index is 0.000000261. The molecule has 0 aliphatic carbocycles. The molecular formula is C78H116Br10N20O23S5. The van der Waals surface area contributed by atoms with Gasteiger partial charge in [0.15, 0.2) is 0 Å². The first-order valence-electron chi connectivity index (χ1n) is 42.9. The number of aliphatic hydroxyl groups is 3. The van der Waals surface area contributed by atoms with Crippen molar-refractivity contribution in [1.82, 2.24) is 46.4 Å². The number of nitrogens with zero attached hydrogens (tertiary/aromatic N) is 19. The third kappa shape index (κ3) is 34.7. The van der Waals surface area contributed by atoms with Crippen molar-refractivity contribution in [2.75, 3.05) is 314 Å². The maximum atomic E-state index is 13.4. The summed E-state index contributed by atoms with van der Waals surface area (Å²) < 4.78 is 140. The number of likely N-dealkylation sites (N-methyl/N-ethyl adjacent to an activating group) is 2. The van der Waals surface area contributed by atoms with Crippen LogP contribution in [0.3, 0.4) is 0 Å². The molecule has 5 saturated heterocycles. The lowest BCUT2D eigenvalue weighted by Crippen LogP contribution is -2.50. The molecule has 1 unspecified atom stereocenters. The Bertz CT molecular complexity index is 5250. The molecule has 5 aliphatic rings. The summed E-state index contributed by atoms with van der Waals surface area (Å²) in [5.41, 5.74) is 1.17. The summed E-state index contributed by atoms with van der Waals surface area (Å²) in [6, 6.07) is 20.1. The van der Waals surface area contributed by atoms with Crippen LogP contribution in [-0.2, 0) is 50.1 Å². The van der Waals surface area contributed by atoms with Gasteiger partial charge in [0.1, 0.15) is 24.5 Å². The summed E-state index contributed by atoms with van der Waals surface area (Å²) in [5.74, 6) is 0. The van der Waals surface area contributed by atoms with E-state index in [2.05, 4.69) is 174 Å². The zero-order valence-electron chi connectivity index (χ0n) is 74.9. The molecular weight excluding hydrogens is 2540 g/mol. The van der Waals surface area contributed by atoms with Crippen LogP contribution in [-0.4, -0.2) is 419 Å². The first-order chi connectivity index (χ1) is 64.6. The van der Waals surface area contributed by atoms with Crippen molar-refractivity contribution in [1.29, 1.82) is 0 Å². The zero-order chi connectivity index (χ0) is 101. The van der Waals surface area contributed by atoms with Gasteiger partial charge in [0.2, 0.25) is 50.1 Å². The fourth-order valence-electron chi connectivity index (χ4n) is 14.9. The van der Waals surface area contributed by atoms with E-state index in [-0.39, 0.29) is 98.9 Å². The maximum absolute atomic E-state index is 13.4. The molecule has 5 aliphatic heterocycles. The van der Waals surface area contributed by atoms with E-state index in [1.165, 1.54) is 94.3 Å². The summed E-state index contributed by atoms with van der Waals surface area (Å²) in [7, 11) is -17.4. The van der Waals surface area contributed by atoms with Crippen LogP contribution in [0.4, 0.5) is 56.9 Å². The van der Waals surface area contributed by atoms with Crippen molar-refractivity contribution in [3.8, 4) is 0 Å². The number of benzene rings is 5. The lowest BCUT2D eigenvalue weighted by atomic mass is 10.2. The molecule has 0 bridgehead atoms. The molecule has 0 saturated carbocycles. The summed E-state index contributed by atoms with van der Waals surface area (Å²) >= 11 is 33.8. The van der Waals surface area contributed by atoms with E-state index in [0.29, 0.717) is 258 Å². The Morgan fingerprint density at radius 2 is 0.537 bits per heavy atom. The monoisotopic (exact) mass is 2650 g/mol. The van der Waals surface area contributed by atoms with Gasteiger partial charge < -0.3 is 54.9 Å². The van der Waals surface area contributed by atoms with Crippen LogP contribution < -0.4 is 29.8 Å². The van der Waals surface area contributed by atoms with Gasteiger partial charge in [-0.2, -0.15) is 21.5 Å². The number of aliphatic hydroxyl groups excluding tert-OH is 3. The van der Waals surface area contributed by atoms with Crippen LogP contribution in [0.1, 0.15) is 6.92 Å². The summed E-state index contributed by atoms with van der Waals surface area (Å²) in [6.07, 6.45) is -0.876. The van der Waals surface area contributed by atoms with Gasteiger partial charge in [-0.15, -0.1) is 0 Å². The van der Waals surface area contributed by atoms with Crippen LogP contribution in [0.5, 0.6) is 0 Å². The number of anilines is 5. The second kappa shape index (κ2) is 60.2. The molecule has 0 spiro atoms. The Morgan fingerprint density at radius 3 is 0.735 bits per heavy atom. The number of halogens is 10. The highest BCUT2D eigenvalue weighted by atomic mass is 79.9. The predicted molar refractivity (Wildman–Crippen MR) is 564 cm³/mol. The number of β-amino-alcohol motifs (C(OH)–C–C–N with tert-alkyl or cyclic N) is 2. The topological polar surface area (TPSA) is 504 Å². The molecule has 0 aromatic heterocycles. The first kappa shape index (κ1) is 121. The van der Waals surface area contributed by atoms with Gasteiger partial charge >= 0.3 is 0 Å². The number of hydrogen-bond donors (Lipinski definition) is 4. The number of nitrogens with one attached hydrogen (secondary N) is 1. The highest BCUT2D eigenvalue weighted by molar-refractivity contribution is 9.10. The summed E-state index contributed by atoms with van der Waals surface area (Å²) in [4.78, 5) is 70.7. The van der Waals surface area contributed by atoms with Crippen LogP contribution in [0, 0.1) is 50.6 Å². The molecule has 5 aromatic rings. The van der Waals surface area contributed by atoms with Crippen LogP contribution in [0.15, 0.2) is 115 Å². The van der Waals surface area contributed by atoms with Crippen molar-refractivity contribution in [2.45, 2.75) is 37.5 Å².